The second-order valence-electron chi connectivity index (χ2n) is 6.36. The van der Waals surface area contributed by atoms with Crippen LogP contribution in [0.4, 0.5) is 15.8 Å². The summed E-state index contributed by atoms with van der Waals surface area (Å²) in [6.45, 7) is -0.653. The summed E-state index contributed by atoms with van der Waals surface area (Å²) < 4.78 is 19.1. The van der Waals surface area contributed by atoms with Gasteiger partial charge in [-0.3, -0.25) is 14.4 Å². The number of hydrogen-bond acceptors (Lipinski definition) is 6. The van der Waals surface area contributed by atoms with Crippen LogP contribution in [-0.2, 0) is 19.1 Å². The lowest BCUT2D eigenvalue weighted by atomic mass is 10.2. The molecule has 30 heavy (non-hydrogen) atoms. The molecule has 1 aliphatic rings. The third-order valence-electron chi connectivity index (χ3n) is 4.31. The summed E-state index contributed by atoms with van der Waals surface area (Å²) in [5.41, 5.74) is 0.693. The molecule has 1 aliphatic heterocycles. The van der Waals surface area contributed by atoms with Crippen LogP contribution in [0.3, 0.4) is 0 Å². The minimum Gasteiger partial charge on any atom is -0.456 e. The van der Waals surface area contributed by atoms with E-state index < -0.39 is 29.6 Å². The molecule has 1 heterocycles. The van der Waals surface area contributed by atoms with Crippen LogP contribution in [0.5, 0.6) is 0 Å². The van der Waals surface area contributed by atoms with Crippen molar-refractivity contribution in [3.05, 3.63) is 54.3 Å². The quantitative estimate of drug-likeness (QED) is 0.682. The van der Waals surface area contributed by atoms with E-state index in [4.69, 9.17) is 10.00 Å². The summed E-state index contributed by atoms with van der Waals surface area (Å²) in [6.07, 6.45) is -0.220. The molecule has 0 aromatic heterocycles. The highest BCUT2D eigenvalue weighted by Gasteiger charge is 2.30. The first kappa shape index (κ1) is 21.3. The van der Waals surface area contributed by atoms with Crippen molar-refractivity contribution in [3.8, 4) is 6.07 Å². The van der Waals surface area contributed by atoms with Crippen molar-refractivity contribution >= 4 is 40.9 Å². The van der Waals surface area contributed by atoms with E-state index in [1.54, 1.807) is 18.2 Å². The van der Waals surface area contributed by atoms with Gasteiger partial charge >= 0.3 is 5.97 Å². The summed E-state index contributed by atoms with van der Waals surface area (Å²) in [5, 5.41) is 10.9. The number of ether oxygens (including phenoxy) is 1. The van der Waals surface area contributed by atoms with Gasteiger partial charge in [-0.15, -0.1) is 11.8 Å². The largest absolute Gasteiger partial charge is 0.456 e. The standard InChI is InChI=1S/C21H18FN3O4S/c22-14-6-1-3-8-16(14)25(11-5-10-23)19(26)13-29-20(27)12-18-21(28)24-15-7-2-4-9-17(15)30-18/h1-4,6-9,18H,5,11-13H2,(H,24,28). The van der Waals surface area contributed by atoms with Gasteiger partial charge in [-0.1, -0.05) is 24.3 Å². The molecule has 0 fully saturated rings. The number of para-hydroxylation sites is 2. The van der Waals surface area contributed by atoms with E-state index >= 15 is 0 Å². The lowest BCUT2D eigenvalue weighted by molar-refractivity contribution is -0.148. The summed E-state index contributed by atoms with van der Waals surface area (Å²) in [6, 6.07) is 14.8. The van der Waals surface area contributed by atoms with Crippen molar-refractivity contribution in [1.29, 1.82) is 5.26 Å². The lowest BCUT2D eigenvalue weighted by Gasteiger charge is -2.24. The molecule has 1 atom stereocenters. The fourth-order valence-electron chi connectivity index (χ4n) is 2.87. The zero-order valence-corrected chi connectivity index (χ0v) is 16.7. The Morgan fingerprint density at radius 1 is 1.20 bits per heavy atom. The van der Waals surface area contributed by atoms with E-state index in [0.717, 1.165) is 9.80 Å². The van der Waals surface area contributed by atoms with Crippen LogP contribution in [0.25, 0.3) is 0 Å². The van der Waals surface area contributed by atoms with Crippen LogP contribution >= 0.6 is 11.8 Å². The number of nitrogens with zero attached hydrogens (tertiary/aromatic N) is 2. The molecule has 3 rings (SSSR count). The molecule has 1 unspecified atom stereocenters. The van der Waals surface area contributed by atoms with Gasteiger partial charge in [-0.25, -0.2) is 4.39 Å². The monoisotopic (exact) mass is 427 g/mol. The van der Waals surface area contributed by atoms with E-state index in [2.05, 4.69) is 5.32 Å². The first-order valence-corrected chi connectivity index (χ1v) is 10.0. The lowest BCUT2D eigenvalue weighted by Crippen LogP contribution is -2.37. The smallest absolute Gasteiger partial charge is 0.307 e. The number of hydrogen-bond donors (Lipinski definition) is 1. The van der Waals surface area contributed by atoms with Crippen LogP contribution in [-0.4, -0.2) is 36.2 Å². The van der Waals surface area contributed by atoms with Crippen LogP contribution in [0, 0.1) is 17.1 Å². The molecule has 9 heteroatoms. The Kier molecular flexibility index (Phi) is 7.03. The normalized spacial score (nSPS) is 14.8. The Labute approximate surface area is 176 Å². The fourth-order valence-corrected chi connectivity index (χ4v) is 3.96. The van der Waals surface area contributed by atoms with Crippen LogP contribution in [0.1, 0.15) is 12.8 Å². The number of rotatable bonds is 7. The Balaban J connectivity index is 1.59. The molecule has 2 aromatic rings. The second kappa shape index (κ2) is 9.89. The molecule has 7 nitrogen and oxygen atoms in total. The van der Waals surface area contributed by atoms with Gasteiger partial charge in [0, 0.05) is 11.4 Å². The third kappa shape index (κ3) is 5.15. The maximum absolute atomic E-state index is 14.1. The summed E-state index contributed by atoms with van der Waals surface area (Å²) in [5.74, 6) is -2.31. The van der Waals surface area contributed by atoms with Gasteiger partial charge in [0.1, 0.15) is 5.82 Å². The predicted molar refractivity (Wildman–Crippen MR) is 109 cm³/mol. The molecule has 0 aliphatic carbocycles. The minimum absolute atomic E-state index is 0.00706. The Bertz CT molecular complexity index is 1010. The Morgan fingerprint density at radius 3 is 2.70 bits per heavy atom. The molecule has 154 valence electrons. The average Bonchev–Trinajstić information content (AvgIpc) is 2.74. The summed E-state index contributed by atoms with van der Waals surface area (Å²) in [7, 11) is 0. The van der Waals surface area contributed by atoms with Crippen molar-refractivity contribution < 1.29 is 23.5 Å². The van der Waals surface area contributed by atoms with Crippen LogP contribution in [0.15, 0.2) is 53.4 Å². The molecule has 0 bridgehead atoms. The van der Waals surface area contributed by atoms with Gasteiger partial charge in [-0.2, -0.15) is 5.26 Å². The number of fused-ring (bicyclic) bond motifs is 1. The third-order valence-corrected chi connectivity index (χ3v) is 5.58. The van der Waals surface area contributed by atoms with Gasteiger partial charge in [-0.05, 0) is 24.3 Å². The number of nitriles is 1. The number of carbonyl (C=O) groups excluding carboxylic acids is 3. The first-order chi connectivity index (χ1) is 14.5. The highest BCUT2D eigenvalue weighted by Crippen LogP contribution is 2.36. The Hall–Kier alpha value is -3.38. The summed E-state index contributed by atoms with van der Waals surface area (Å²) >= 11 is 1.25. The first-order valence-electron chi connectivity index (χ1n) is 9.13. The molecule has 0 spiro atoms. The maximum Gasteiger partial charge on any atom is 0.307 e. The van der Waals surface area contributed by atoms with Gasteiger partial charge in [0.05, 0.1) is 35.5 Å². The zero-order chi connectivity index (χ0) is 21.5. The van der Waals surface area contributed by atoms with E-state index in [0.29, 0.717) is 5.69 Å². The van der Waals surface area contributed by atoms with E-state index in [1.807, 2.05) is 18.2 Å². The highest BCUT2D eigenvalue weighted by molar-refractivity contribution is 8.01. The van der Waals surface area contributed by atoms with Gasteiger partial charge in [0.25, 0.3) is 5.91 Å². The average molecular weight is 427 g/mol. The van der Waals surface area contributed by atoms with Crippen molar-refractivity contribution in [2.75, 3.05) is 23.4 Å². The minimum atomic E-state index is -0.718. The molecule has 2 aromatic carbocycles. The molecular weight excluding hydrogens is 409 g/mol. The number of anilines is 2. The number of esters is 1. The van der Waals surface area contributed by atoms with Crippen LogP contribution < -0.4 is 10.2 Å². The molecule has 0 saturated heterocycles. The van der Waals surface area contributed by atoms with E-state index in [9.17, 15) is 18.8 Å². The Morgan fingerprint density at radius 2 is 1.93 bits per heavy atom. The van der Waals surface area contributed by atoms with Crippen molar-refractivity contribution in [2.24, 2.45) is 0 Å². The number of amides is 2. The fraction of sp³-hybridized carbons (Fsp3) is 0.238. The second-order valence-corrected chi connectivity index (χ2v) is 7.61. The number of nitrogens with one attached hydrogen (secondary N) is 1. The topological polar surface area (TPSA) is 99.5 Å². The zero-order valence-electron chi connectivity index (χ0n) is 15.8. The van der Waals surface area contributed by atoms with Crippen molar-refractivity contribution in [2.45, 2.75) is 23.0 Å². The van der Waals surface area contributed by atoms with Gasteiger partial charge in [0.15, 0.2) is 6.61 Å². The highest BCUT2D eigenvalue weighted by atomic mass is 32.2. The SMILES string of the molecule is N#CCCN(C(=O)COC(=O)CC1Sc2ccccc2NC1=O)c1ccccc1F. The number of halogens is 1. The summed E-state index contributed by atoms with van der Waals surface area (Å²) in [4.78, 5) is 38.8. The van der Waals surface area contributed by atoms with Crippen LogP contribution in [0.2, 0.25) is 0 Å². The number of thioether (sulfide) groups is 1. The number of benzene rings is 2. The molecule has 0 radical (unpaired) electrons. The van der Waals surface area contributed by atoms with Gasteiger partial charge in [0.2, 0.25) is 5.91 Å². The number of carbonyl (C=O) groups is 3. The van der Waals surface area contributed by atoms with E-state index in [-0.39, 0.29) is 31.0 Å². The molecule has 0 saturated carbocycles. The predicted octanol–water partition coefficient (Wildman–Crippen LogP) is 3.12. The molecular formula is C21H18FN3O4S. The molecule has 2 amide bonds. The van der Waals surface area contributed by atoms with Crippen molar-refractivity contribution in [1.82, 2.24) is 0 Å². The van der Waals surface area contributed by atoms with E-state index in [1.165, 1.54) is 30.0 Å². The maximum atomic E-state index is 14.1. The van der Waals surface area contributed by atoms with Gasteiger partial charge < -0.3 is 15.0 Å². The van der Waals surface area contributed by atoms with Crippen molar-refractivity contribution in [3.63, 3.8) is 0 Å². The molecule has 1 N–H and O–H groups in total.